The van der Waals surface area contributed by atoms with Gasteiger partial charge in [-0.25, -0.2) is 13.1 Å². The van der Waals surface area contributed by atoms with Gasteiger partial charge in [-0.2, -0.15) is 0 Å². The van der Waals surface area contributed by atoms with Crippen molar-refractivity contribution in [2.24, 2.45) is 0 Å². The summed E-state index contributed by atoms with van der Waals surface area (Å²) in [6, 6.07) is 0. The summed E-state index contributed by atoms with van der Waals surface area (Å²) in [6.07, 6.45) is 6.32. The quantitative estimate of drug-likeness (QED) is 0.646. The summed E-state index contributed by atoms with van der Waals surface area (Å²) < 4.78 is 31.8. The molecule has 1 aliphatic carbocycles. The predicted octanol–water partition coefficient (Wildman–Crippen LogP) is 0.863. The summed E-state index contributed by atoms with van der Waals surface area (Å²) in [5.74, 6) is 0. The molecule has 1 saturated carbocycles. The molecule has 1 aliphatic rings. The zero-order chi connectivity index (χ0) is 13.4. The van der Waals surface area contributed by atoms with E-state index in [1.54, 1.807) is 14.0 Å². The lowest BCUT2D eigenvalue weighted by atomic mass is 9.98. The molecule has 0 saturated heterocycles. The van der Waals surface area contributed by atoms with Crippen molar-refractivity contribution in [3.63, 3.8) is 0 Å². The Morgan fingerprint density at radius 3 is 2.56 bits per heavy atom. The molecule has 0 aromatic heterocycles. The van der Waals surface area contributed by atoms with Crippen LogP contribution in [0.4, 0.5) is 0 Å². The van der Waals surface area contributed by atoms with Gasteiger partial charge < -0.3 is 10.1 Å². The van der Waals surface area contributed by atoms with E-state index in [9.17, 15) is 8.42 Å². The Kier molecular flexibility index (Phi) is 7.14. The standard InChI is InChI=1S/C12H26N2O3S/c1-11(10-13-2)18(15,16)14-8-9-17-12-6-4-3-5-7-12/h11-14H,3-10H2,1-2H3. The van der Waals surface area contributed by atoms with Crippen molar-refractivity contribution in [1.82, 2.24) is 10.0 Å². The molecule has 18 heavy (non-hydrogen) atoms. The first kappa shape index (κ1) is 15.9. The van der Waals surface area contributed by atoms with Gasteiger partial charge in [-0.1, -0.05) is 19.3 Å². The van der Waals surface area contributed by atoms with Crippen molar-refractivity contribution in [3.8, 4) is 0 Å². The van der Waals surface area contributed by atoms with Gasteiger partial charge in [-0.05, 0) is 26.8 Å². The number of hydrogen-bond acceptors (Lipinski definition) is 4. The summed E-state index contributed by atoms with van der Waals surface area (Å²) in [6.45, 7) is 2.99. The smallest absolute Gasteiger partial charge is 0.215 e. The molecule has 2 N–H and O–H groups in total. The van der Waals surface area contributed by atoms with Gasteiger partial charge in [0.25, 0.3) is 0 Å². The van der Waals surface area contributed by atoms with Crippen molar-refractivity contribution >= 4 is 10.0 Å². The topological polar surface area (TPSA) is 67.4 Å². The Balaban J connectivity index is 2.16. The van der Waals surface area contributed by atoms with E-state index in [4.69, 9.17) is 4.74 Å². The van der Waals surface area contributed by atoms with Crippen LogP contribution in [0.2, 0.25) is 0 Å². The molecule has 0 aromatic carbocycles. The highest BCUT2D eigenvalue weighted by atomic mass is 32.2. The molecule has 108 valence electrons. The first-order valence-corrected chi connectivity index (χ1v) is 8.35. The first-order valence-electron chi connectivity index (χ1n) is 6.81. The normalized spacial score (nSPS) is 19.9. The maximum atomic E-state index is 11.8. The molecule has 1 fully saturated rings. The largest absolute Gasteiger partial charge is 0.377 e. The molecule has 0 heterocycles. The second-order valence-corrected chi connectivity index (χ2v) is 7.12. The molecular formula is C12H26N2O3S. The van der Waals surface area contributed by atoms with Gasteiger partial charge in [0, 0.05) is 13.1 Å². The number of nitrogens with one attached hydrogen (secondary N) is 2. The van der Waals surface area contributed by atoms with Gasteiger partial charge in [0.05, 0.1) is 18.0 Å². The van der Waals surface area contributed by atoms with Crippen molar-refractivity contribution in [3.05, 3.63) is 0 Å². The zero-order valence-electron chi connectivity index (χ0n) is 11.4. The van der Waals surface area contributed by atoms with E-state index in [-0.39, 0.29) is 0 Å². The van der Waals surface area contributed by atoms with Crippen LogP contribution in [0.3, 0.4) is 0 Å². The summed E-state index contributed by atoms with van der Waals surface area (Å²) in [7, 11) is -1.47. The Hall–Kier alpha value is -0.170. The van der Waals surface area contributed by atoms with E-state index in [0.29, 0.717) is 25.8 Å². The average molecular weight is 278 g/mol. The summed E-state index contributed by atoms with van der Waals surface area (Å²) in [5, 5.41) is 2.45. The zero-order valence-corrected chi connectivity index (χ0v) is 12.3. The van der Waals surface area contributed by atoms with Gasteiger partial charge in [0.2, 0.25) is 10.0 Å². The van der Waals surface area contributed by atoms with Crippen molar-refractivity contribution in [1.29, 1.82) is 0 Å². The molecule has 1 atom stereocenters. The fourth-order valence-corrected chi connectivity index (χ4v) is 3.22. The third kappa shape index (κ3) is 5.65. The highest BCUT2D eigenvalue weighted by molar-refractivity contribution is 7.90. The van der Waals surface area contributed by atoms with Crippen molar-refractivity contribution < 1.29 is 13.2 Å². The van der Waals surface area contributed by atoms with Gasteiger partial charge in [-0.15, -0.1) is 0 Å². The summed E-state index contributed by atoms with van der Waals surface area (Å²) in [5.41, 5.74) is 0. The lowest BCUT2D eigenvalue weighted by molar-refractivity contribution is 0.0320. The lowest BCUT2D eigenvalue weighted by Crippen LogP contribution is -2.39. The van der Waals surface area contributed by atoms with Crippen LogP contribution in [0.5, 0.6) is 0 Å². The minimum absolute atomic E-state index is 0.331. The van der Waals surface area contributed by atoms with Gasteiger partial charge in [0.15, 0.2) is 0 Å². The van der Waals surface area contributed by atoms with Crippen LogP contribution in [0.1, 0.15) is 39.0 Å². The second kappa shape index (κ2) is 8.09. The Bertz CT molecular complexity index is 313. The van der Waals surface area contributed by atoms with Crippen LogP contribution in [0.15, 0.2) is 0 Å². The highest BCUT2D eigenvalue weighted by Crippen LogP contribution is 2.19. The van der Waals surface area contributed by atoms with E-state index in [1.165, 1.54) is 19.3 Å². The SMILES string of the molecule is CNCC(C)S(=O)(=O)NCCOC1CCCCC1. The Morgan fingerprint density at radius 1 is 1.28 bits per heavy atom. The summed E-state index contributed by atoms with van der Waals surface area (Å²) in [4.78, 5) is 0. The Labute approximate surface area is 111 Å². The third-order valence-corrected chi connectivity index (χ3v) is 5.16. The molecule has 0 spiro atoms. The lowest BCUT2D eigenvalue weighted by Gasteiger charge is -2.22. The molecule has 1 unspecified atom stereocenters. The monoisotopic (exact) mass is 278 g/mol. The maximum Gasteiger partial charge on any atom is 0.215 e. The molecule has 5 nitrogen and oxygen atoms in total. The van der Waals surface area contributed by atoms with E-state index in [0.717, 1.165) is 12.8 Å². The fraction of sp³-hybridized carbons (Fsp3) is 1.00. The van der Waals surface area contributed by atoms with E-state index < -0.39 is 15.3 Å². The van der Waals surface area contributed by atoms with Gasteiger partial charge in [-0.3, -0.25) is 0 Å². The van der Waals surface area contributed by atoms with Crippen LogP contribution < -0.4 is 10.0 Å². The molecule has 0 aliphatic heterocycles. The van der Waals surface area contributed by atoms with E-state index in [1.807, 2.05) is 0 Å². The van der Waals surface area contributed by atoms with E-state index >= 15 is 0 Å². The number of sulfonamides is 1. The number of hydrogen-bond donors (Lipinski definition) is 2. The minimum Gasteiger partial charge on any atom is -0.377 e. The molecule has 0 aromatic rings. The Morgan fingerprint density at radius 2 is 1.94 bits per heavy atom. The van der Waals surface area contributed by atoms with Crippen LogP contribution in [-0.2, 0) is 14.8 Å². The van der Waals surface area contributed by atoms with Crippen LogP contribution >= 0.6 is 0 Å². The van der Waals surface area contributed by atoms with Gasteiger partial charge >= 0.3 is 0 Å². The van der Waals surface area contributed by atoms with Crippen LogP contribution in [-0.4, -0.2) is 46.5 Å². The maximum absolute atomic E-state index is 11.8. The molecule has 0 amide bonds. The molecule has 0 radical (unpaired) electrons. The second-order valence-electron chi connectivity index (χ2n) is 4.94. The van der Waals surface area contributed by atoms with E-state index in [2.05, 4.69) is 10.0 Å². The predicted molar refractivity (Wildman–Crippen MR) is 73.1 cm³/mol. The fourth-order valence-electron chi connectivity index (χ4n) is 2.18. The van der Waals surface area contributed by atoms with Crippen molar-refractivity contribution in [2.45, 2.75) is 50.4 Å². The number of rotatable bonds is 8. The summed E-state index contributed by atoms with van der Waals surface area (Å²) >= 11 is 0. The highest BCUT2D eigenvalue weighted by Gasteiger charge is 2.19. The molecule has 0 bridgehead atoms. The molecular weight excluding hydrogens is 252 g/mol. The molecule has 6 heteroatoms. The first-order chi connectivity index (χ1) is 8.56. The minimum atomic E-state index is -3.22. The van der Waals surface area contributed by atoms with Crippen molar-refractivity contribution in [2.75, 3.05) is 26.7 Å². The van der Waals surface area contributed by atoms with Crippen LogP contribution in [0.25, 0.3) is 0 Å². The molecule has 1 rings (SSSR count). The average Bonchev–Trinajstić information content (AvgIpc) is 2.36. The third-order valence-electron chi connectivity index (χ3n) is 3.33. The number of ether oxygens (including phenoxy) is 1. The van der Waals surface area contributed by atoms with Gasteiger partial charge in [0.1, 0.15) is 0 Å². The van der Waals surface area contributed by atoms with Crippen LogP contribution in [0, 0.1) is 0 Å².